The van der Waals surface area contributed by atoms with Crippen LogP contribution in [0.4, 0.5) is 5.69 Å². The summed E-state index contributed by atoms with van der Waals surface area (Å²) in [4.78, 5) is 19.9. The normalized spacial score (nSPS) is 12.1. The lowest BCUT2D eigenvalue weighted by Crippen LogP contribution is -2.05. The second-order valence-corrected chi connectivity index (χ2v) is 12.7. The highest BCUT2D eigenvalue weighted by Crippen LogP contribution is 2.35. The quantitative estimate of drug-likeness (QED) is 0.181. The third-order valence-electron chi connectivity index (χ3n) is 8.22. The number of pyridine rings is 1. The summed E-state index contributed by atoms with van der Waals surface area (Å²) in [5.74, 6) is 1.85. The van der Waals surface area contributed by atoms with E-state index in [9.17, 15) is 0 Å². The van der Waals surface area contributed by atoms with Gasteiger partial charge in [-0.2, -0.15) is 0 Å². The second kappa shape index (κ2) is 11.9. The fraction of sp³-hybridized carbons (Fsp3) is 0.0500. The summed E-state index contributed by atoms with van der Waals surface area (Å²) < 4.78 is 1.18. The van der Waals surface area contributed by atoms with E-state index in [2.05, 4.69) is 161 Å². The maximum atomic E-state index is 5.13. The molecule has 0 aliphatic carbocycles. The van der Waals surface area contributed by atoms with Gasteiger partial charge in [0.1, 0.15) is 0 Å². The van der Waals surface area contributed by atoms with Crippen molar-refractivity contribution in [2.24, 2.45) is 0 Å². The van der Waals surface area contributed by atoms with Crippen molar-refractivity contribution in [1.82, 2.24) is 19.9 Å². The average molecular weight is 706 g/mol. The summed E-state index contributed by atoms with van der Waals surface area (Å²) >= 11 is 2.37. The molecule has 0 saturated carbocycles. The Labute approximate surface area is 281 Å². The van der Waals surface area contributed by atoms with E-state index < -0.39 is 0 Å². The van der Waals surface area contributed by atoms with Gasteiger partial charge in [0.25, 0.3) is 0 Å². The van der Waals surface area contributed by atoms with Crippen molar-refractivity contribution < 1.29 is 0 Å². The van der Waals surface area contributed by atoms with E-state index >= 15 is 0 Å². The van der Waals surface area contributed by atoms with Crippen LogP contribution in [0.1, 0.15) is 11.1 Å². The summed E-state index contributed by atoms with van der Waals surface area (Å²) in [6, 6.07) is 40.4. The molecule has 3 heterocycles. The molecule has 8 rings (SSSR count). The summed E-state index contributed by atoms with van der Waals surface area (Å²) in [7, 11) is 0. The van der Waals surface area contributed by atoms with Crippen LogP contribution in [0.25, 0.3) is 73.4 Å². The molecule has 2 aromatic heterocycles. The van der Waals surface area contributed by atoms with E-state index in [1.54, 1.807) is 0 Å². The van der Waals surface area contributed by atoms with E-state index in [4.69, 9.17) is 15.0 Å². The van der Waals surface area contributed by atoms with Crippen LogP contribution in [-0.2, 0) is 0 Å². The Bertz CT molecular complexity index is 2250. The molecule has 0 amide bonds. The fourth-order valence-corrected chi connectivity index (χ4v) is 6.44. The molecule has 0 fully saturated rings. The van der Waals surface area contributed by atoms with Crippen molar-refractivity contribution >= 4 is 45.3 Å². The van der Waals surface area contributed by atoms with Crippen LogP contribution in [0.2, 0.25) is 0 Å². The molecule has 0 spiro atoms. The number of nitrogens with one attached hydrogen (secondary N) is 1. The van der Waals surface area contributed by atoms with Crippen LogP contribution in [-0.4, -0.2) is 26.5 Å². The lowest BCUT2D eigenvalue weighted by molar-refractivity contribution is 1.07. The SMILES string of the molecule is Cc1cccc(-c2cc(-c3cccc(I)c3)cc(-c3nc(-c4ccc5c(c4)NCC=C5)nc(-c4ccc5cccnc5c4)n3)c2)c1. The summed E-state index contributed by atoms with van der Waals surface area (Å²) in [6.07, 6.45) is 6.08. The number of fused-ring (bicyclic) bond motifs is 2. The van der Waals surface area contributed by atoms with Gasteiger partial charge in [-0.15, -0.1) is 0 Å². The minimum Gasteiger partial charge on any atom is -0.381 e. The zero-order chi connectivity index (χ0) is 31.0. The Balaban J connectivity index is 1.35. The number of benzene rings is 5. The van der Waals surface area contributed by atoms with Gasteiger partial charge in [0.15, 0.2) is 17.5 Å². The topological polar surface area (TPSA) is 63.6 Å². The minimum absolute atomic E-state index is 0.606. The highest BCUT2D eigenvalue weighted by molar-refractivity contribution is 14.1. The van der Waals surface area contributed by atoms with Crippen LogP contribution in [0.3, 0.4) is 0 Å². The van der Waals surface area contributed by atoms with Crippen molar-refractivity contribution in [3.05, 3.63) is 142 Å². The zero-order valence-electron chi connectivity index (χ0n) is 25.1. The molecule has 0 unspecified atom stereocenters. The molecule has 1 N–H and O–H groups in total. The molecule has 0 saturated heterocycles. The average Bonchev–Trinajstić information content (AvgIpc) is 3.11. The zero-order valence-corrected chi connectivity index (χ0v) is 27.2. The molecule has 46 heavy (non-hydrogen) atoms. The Morgan fingerprint density at radius 3 is 2.07 bits per heavy atom. The predicted octanol–water partition coefficient (Wildman–Crippen LogP) is 10.1. The van der Waals surface area contributed by atoms with Crippen LogP contribution >= 0.6 is 22.6 Å². The molecule has 220 valence electrons. The van der Waals surface area contributed by atoms with E-state index in [1.807, 2.05) is 12.3 Å². The first-order chi connectivity index (χ1) is 22.6. The molecule has 1 aliphatic heterocycles. The largest absolute Gasteiger partial charge is 0.381 e. The van der Waals surface area contributed by atoms with Crippen molar-refractivity contribution in [1.29, 1.82) is 0 Å². The summed E-state index contributed by atoms with van der Waals surface area (Å²) in [5, 5.41) is 4.55. The van der Waals surface area contributed by atoms with E-state index in [-0.39, 0.29) is 0 Å². The van der Waals surface area contributed by atoms with Gasteiger partial charge in [-0.05, 0) is 106 Å². The van der Waals surface area contributed by atoms with Gasteiger partial charge in [-0.1, -0.05) is 84.4 Å². The Kier molecular flexibility index (Phi) is 7.34. The summed E-state index contributed by atoms with van der Waals surface area (Å²) in [6.45, 7) is 2.92. The highest BCUT2D eigenvalue weighted by Gasteiger charge is 2.17. The lowest BCUT2D eigenvalue weighted by Gasteiger charge is -2.15. The van der Waals surface area contributed by atoms with Crippen LogP contribution in [0.15, 0.2) is 128 Å². The monoisotopic (exact) mass is 705 g/mol. The minimum atomic E-state index is 0.606. The third kappa shape index (κ3) is 5.68. The van der Waals surface area contributed by atoms with E-state index in [1.165, 1.54) is 9.13 Å². The lowest BCUT2D eigenvalue weighted by atomic mass is 9.95. The summed E-state index contributed by atoms with van der Waals surface area (Å²) in [5.41, 5.74) is 11.6. The molecule has 0 bridgehead atoms. The van der Waals surface area contributed by atoms with Crippen molar-refractivity contribution in [3.8, 4) is 56.4 Å². The van der Waals surface area contributed by atoms with Crippen LogP contribution in [0.5, 0.6) is 0 Å². The van der Waals surface area contributed by atoms with Crippen LogP contribution < -0.4 is 5.32 Å². The van der Waals surface area contributed by atoms with Gasteiger partial charge in [-0.25, -0.2) is 15.0 Å². The molecule has 0 atom stereocenters. The van der Waals surface area contributed by atoms with Gasteiger partial charge in [0, 0.05) is 44.1 Å². The van der Waals surface area contributed by atoms with Gasteiger partial charge in [0.05, 0.1) is 5.52 Å². The first kappa shape index (κ1) is 28.3. The smallest absolute Gasteiger partial charge is 0.164 e. The Hall–Kier alpha value is -5.21. The number of anilines is 1. The van der Waals surface area contributed by atoms with Gasteiger partial charge >= 0.3 is 0 Å². The number of hydrogen-bond acceptors (Lipinski definition) is 5. The second-order valence-electron chi connectivity index (χ2n) is 11.5. The van der Waals surface area contributed by atoms with Crippen LogP contribution in [0, 0.1) is 10.5 Å². The standard InChI is InChI=1S/C40H28IN5/c1-25-6-2-7-28(18-25)32-19-33(29-8-3-11-35(41)22-29)21-34(20-32)40-45-38(30-14-12-26-9-4-16-42-36(26)23-30)44-39(46-40)31-15-13-27-10-5-17-43-37(27)24-31/h2-16,18-24,43H,17H2,1H3. The molecule has 5 nitrogen and oxygen atoms in total. The number of nitrogens with zero attached hydrogens (tertiary/aromatic N) is 4. The Morgan fingerprint density at radius 1 is 0.587 bits per heavy atom. The third-order valence-corrected chi connectivity index (χ3v) is 8.89. The van der Waals surface area contributed by atoms with Gasteiger partial charge in [-0.3, -0.25) is 4.98 Å². The number of halogens is 1. The maximum Gasteiger partial charge on any atom is 0.164 e. The van der Waals surface area contributed by atoms with Crippen molar-refractivity contribution in [3.63, 3.8) is 0 Å². The first-order valence-electron chi connectivity index (χ1n) is 15.2. The predicted molar refractivity (Wildman–Crippen MR) is 197 cm³/mol. The molecule has 1 aliphatic rings. The number of aromatic nitrogens is 4. The molecule has 6 heteroatoms. The van der Waals surface area contributed by atoms with Crippen molar-refractivity contribution in [2.75, 3.05) is 11.9 Å². The van der Waals surface area contributed by atoms with Gasteiger partial charge in [0.2, 0.25) is 0 Å². The molecule has 7 aromatic rings. The number of aryl methyl sites for hydroxylation is 1. The highest BCUT2D eigenvalue weighted by atomic mass is 127. The molecule has 0 radical (unpaired) electrons. The number of rotatable bonds is 5. The van der Waals surface area contributed by atoms with Gasteiger partial charge < -0.3 is 5.32 Å². The van der Waals surface area contributed by atoms with Crippen molar-refractivity contribution in [2.45, 2.75) is 6.92 Å². The molecular weight excluding hydrogens is 677 g/mol. The molecule has 5 aromatic carbocycles. The van der Waals surface area contributed by atoms with E-state index in [0.717, 1.165) is 67.6 Å². The fourth-order valence-electron chi connectivity index (χ4n) is 5.90. The van der Waals surface area contributed by atoms with E-state index in [0.29, 0.717) is 17.5 Å². The molecular formula is C40H28IN5. The first-order valence-corrected chi connectivity index (χ1v) is 16.3. The Morgan fingerprint density at radius 2 is 1.28 bits per heavy atom. The number of hydrogen-bond donors (Lipinski definition) is 1. The maximum absolute atomic E-state index is 5.13.